The second-order valence-corrected chi connectivity index (χ2v) is 7.41. The summed E-state index contributed by atoms with van der Waals surface area (Å²) in [5.74, 6) is 0.598. The highest BCUT2D eigenvalue weighted by atomic mass is 16.5. The molecule has 4 rings (SSSR count). The molecule has 1 heterocycles. The highest BCUT2D eigenvalue weighted by Crippen LogP contribution is 2.31. The smallest absolute Gasteiger partial charge is 0.250 e. The number of nitrogens with one attached hydrogen (secondary N) is 3. The molecule has 0 saturated heterocycles. The van der Waals surface area contributed by atoms with E-state index in [0.717, 1.165) is 16.8 Å². The van der Waals surface area contributed by atoms with Gasteiger partial charge < -0.3 is 15.8 Å². The Balaban J connectivity index is 1.53. The Morgan fingerprint density at radius 1 is 0.882 bits per heavy atom. The molecule has 5 N–H and O–H groups in total. The average Bonchev–Trinajstić information content (AvgIpc) is 2.87. The fourth-order valence-electron chi connectivity index (χ4n) is 3.55. The lowest BCUT2D eigenvalue weighted by Gasteiger charge is -2.19. The molecule has 0 atom stereocenters. The SMILES string of the molecule is CCOc1ccccc1Nc1ncnc(NNC(=O)C(c2ccccc2)c2ccccc2)c1N. The van der Waals surface area contributed by atoms with Crippen LogP contribution in [0.25, 0.3) is 0 Å². The Bertz CT molecular complexity index is 1200. The van der Waals surface area contributed by atoms with Gasteiger partial charge in [-0.15, -0.1) is 0 Å². The first-order valence-electron chi connectivity index (χ1n) is 10.9. The summed E-state index contributed by atoms with van der Waals surface area (Å²) in [5.41, 5.74) is 14.6. The maximum atomic E-state index is 13.2. The monoisotopic (exact) mass is 454 g/mol. The molecular formula is C26H26N6O2. The second-order valence-electron chi connectivity index (χ2n) is 7.41. The van der Waals surface area contributed by atoms with E-state index in [0.29, 0.717) is 18.2 Å². The molecule has 3 aromatic carbocycles. The molecule has 0 spiro atoms. The fourth-order valence-corrected chi connectivity index (χ4v) is 3.55. The number of benzene rings is 3. The van der Waals surface area contributed by atoms with E-state index in [1.54, 1.807) is 0 Å². The zero-order valence-corrected chi connectivity index (χ0v) is 18.7. The van der Waals surface area contributed by atoms with E-state index in [4.69, 9.17) is 10.5 Å². The van der Waals surface area contributed by atoms with E-state index in [-0.39, 0.29) is 17.4 Å². The quantitative estimate of drug-likeness (QED) is 0.276. The van der Waals surface area contributed by atoms with Crippen molar-refractivity contribution in [2.45, 2.75) is 12.8 Å². The topological polar surface area (TPSA) is 114 Å². The standard InChI is InChI=1S/C26H26N6O2/c1-2-34-21-16-10-9-15-20(21)30-24-23(27)25(29-17-28-24)31-32-26(33)22(18-11-5-3-6-12-18)19-13-7-4-8-14-19/h3-17,22H,2,27H2,1H3,(H,32,33)(H2,28,29,30,31). The Morgan fingerprint density at radius 2 is 1.47 bits per heavy atom. The number of para-hydroxylation sites is 2. The highest BCUT2D eigenvalue weighted by molar-refractivity contribution is 5.89. The molecule has 172 valence electrons. The summed E-state index contributed by atoms with van der Waals surface area (Å²) in [6, 6.07) is 26.7. The lowest BCUT2D eigenvalue weighted by Crippen LogP contribution is -2.35. The van der Waals surface area contributed by atoms with E-state index in [9.17, 15) is 4.79 Å². The van der Waals surface area contributed by atoms with E-state index in [2.05, 4.69) is 26.1 Å². The van der Waals surface area contributed by atoms with E-state index >= 15 is 0 Å². The first-order valence-corrected chi connectivity index (χ1v) is 10.9. The molecule has 8 nitrogen and oxygen atoms in total. The summed E-state index contributed by atoms with van der Waals surface area (Å²) in [6.07, 6.45) is 1.36. The van der Waals surface area contributed by atoms with Crippen LogP contribution in [0.2, 0.25) is 0 Å². The van der Waals surface area contributed by atoms with Crippen LogP contribution in [0.4, 0.5) is 23.0 Å². The number of nitrogens with two attached hydrogens (primary N) is 1. The number of carbonyl (C=O) groups is 1. The molecule has 8 heteroatoms. The van der Waals surface area contributed by atoms with Crippen molar-refractivity contribution in [3.8, 4) is 5.75 Å². The zero-order valence-electron chi connectivity index (χ0n) is 18.7. The number of nitrogens with zero attached hydrogens (tertiary/aromatic N) is 2. The normalized spacial score (nSPS) is 10.5. The number of aromatic nitrogens is 2. The molecule has 4 aromatic rings. The van der Waals surface area contributed by atoms with Crippen LogP contribution in [0.15, 0.2) is 91.3 Å². The Kier molecular flexibility index (Phi) is 7.19. The number of nitrogen functional groups attached to an aromatic ring is 1. The third-order valence-electron chi connectivity index (χ3n) is 5.16. The molecule has 0 aliphatic carbocycles. The van der Waals surface area contributed by atoms with Crippen molar-refractivity contribution in [3.63, 3.8) is 0 Å². The number of rotatable bonds is 9. The van der Waals surface area contributed by atoms with Gasteiger partial charge in [0.15, 0.2) is 11.6 Å². The van der Waals surface area contributed by atoms with Gasteiger partial charge in [-0.3, -0.25) is 15.6 Å². The van der Waals surface area contributed by atoms with Gasteiger partial charge in [-0.2, -0.15) is 0 Å². The Hall–Kier alpha value is -4.59. The van der Waals surface area contributed by atoms with Gasteiger partial charge in [0.25, 0.3) is 0 Å². The van der Waals surface area contributed by atoms with Crippen LogP contribution in [0.3, 0.4) is 0 Å². The molecule has 0 unspecified atom stereocenters. The van der Waals surface area contributed by atoms with Crippen molar-refractivity contribution in [2.24, 2.45) is 0 Å². The average molecular weight is 455 g/mol. The molecule has 0 fully saturated rings. The number of hydrazine groups is 1. The maximum Gasteiger partial charge on any atom is 0.250 e. The van der Waals surface area contributed by atoms with Crippen LogP contribution in [-0.2, 0) is 4.79 Å². The predicted molar refractivity (Wildman–Crippen MR) is 134 cm³/mol. The number of carbonyl (C=O) groups excluding carboxylic acids is 1. The van der Waals surface area contributed by atoms with Crippen molar-refractivity contribution in [3.05, 3.63) is 102 Å². The van der Waals surface area contributed by atoms with Gasteiger partial charge in [-0.1, -0.05) is 72.8 Å². The minimum absolute atomic E-state index is 0.244. The van der Waals surface area contributed by atoms with Gasteiger partial charge in [0.2, 0.25) is 5.91 Å². The second kappa shape index (κ2) is 10.8. The van der Waals surface area contributed by atoms with Gasteiger partial charge >= 0.3 is 0 Å². The van der Waals surface area contributed by atoms with Crippen LogP contribution in [-0.4, -0.2) is 22.5 Å². The number of hydrogen-bond donors (Lipinski definition) is 4. The van der Waals surface area contributed by atoms with Crippen molar-refractivity contribution in [2.75, 3.05) is 23.1 Å². The summed E-state index contributed by atoms with van der Waals surface area (Å²) in [5, 5.41) is 3.17. The number of ether oxygens (including phenoxy) is 1. The van der Waals surface area contributed by atoms with Crippen LogP contribution < -0.4 is 26.6 Å². The lowest BCUT2D eigenvalue weighted by atomic mass is 9.91. The maximum absolute atomic E-state index is 13.2. The molecule has 34 heavy (non-hydrogen) atoms. The highest BCUT2D eigenvalue weighted by Gasteiger charge is 2.23. The van der Waals surface area contributed by atoms with Crippen LogP contribution in [0, 0.1) is 0 Å². The Labute approximate surface area is 198 Å². The van der Waals surface area contributed by atoms with E-state index in [1.807, 2.05) is 91.9 Å². The lowest BCUT2D eigenvalue weighted by molar-refractivity contribution is -0.121. The van der Waals surface area contributed by atoms with Crippen LogP contribution in [0.1, 0.15) is 24.0 Å². The van der Waals surface area contributed by atoms with E-state index < -0.39 is 5.92 Å². The summed E-state index contributed by atoms with van der Waals surface area (Å²) < 4.78 is 5.65. The Morgan fingerprint density at radius 3 is 2.12 bits per heavy atom. The first kappa shape index (κ1) is 22.6. The molecule has 0 saturated carbocycles. The van der Waals surface area contributed by atoms with Crippen LogP contribution in [0.5, 0.6) is 5.75 Å². The number of amides is 1. The number of anilines is 4. The molecule has 1 aromatic heterocycles. The molecule has 0 radical (unpaired) electrons. The van der Waals surface area contributed by atoms with Gasteiger partial charge in [-0.05, 0) is 30.2 Å². The van der Waals surface area contributed by atoms with Crippen molar-refractivity contribution >= 4 is 28.9 Å². The summed E-state index contributed by atoms with van der Waals surface area (Å²) >= 11 is 0. The van der Waals surface area contributed by atoms with Gasteiger partial charge in [0, 0.05) is 0 Å². The van der Waals surface area contributed by atoms with Gasteiger partial charge in [0.05, 0.1) is 18.2 Å². The van der Waals surface area contributed by atoms with Crippen LogP contribution >= 0.6 is 0 Å². The predicted octanol–water partition coefficient (Wildman–Crippen LogP) is 4.48. The minimum Gasteiger partial charge on any atom is -0.492 e. The summed E-state index contributed by atoms with van der Waals surface area (Å²) in [4.78, 5) is 21.7. The molecule has 0 aliphatic rings. The minimum atomic E-state index is -0.506. The van der Waals surface area contributed by atoms with Gasteiger partial charge in [0.1, 0.15) is 17.8 Å². The van der Waals surface area contributed by atoms with E-state index in [1.165, 1.54) is 6.33 Å². The van der Waals surface area contributed by atoms with Crippen molar-refractivity contribution < 1.29 is 9.53 Å². The van der Waals surface area contributed by atoms with Crippen molar-refractivity contribution in [1.29, 1.82) is 0 Å². The third kappa shape index (κ3) is 5.24. The zero-order chi connectivity index (χ0) is 23.8. The summed E-state index contributed by atoms with van der Waals surface area (Å²) in [6.45, 7) is 2.44. The first-order chi connectivity index (χ1) is 16.7. The number of hydrogen-bond acceptors (Lipinski definition) is 7. The molecule has 0 aliphatic heterocycles. The summed E-state index contributed by atoms with van der Waals surface area (Å²) in [7, 11) is 0. The molecule has 1 amide bonds. The van der Waals surface area contributed by atoms with Gasteiger partial charge in [-0.25, -0.2) is 9.97 Å². The fraction of sp³-hybridized carbons (Fsp3) is 0.115. The largest absolute Gasteiger partial charge is 0.492 e. The van der Waals surface area contributed by atoms with Crippen molar-refractivity contribution in [1.82, 2.24) is 15.4 Å². The molecule has 0 bridgehead atoms. The molecular weight excluding hydrogens is 428 g/mol. The third-order valence-corrected chi connectivity index (χ3v) is 5.16.